The Morgan fingerprint density at radius 1 is 1.15 bits per heavy atom. The number of amides is 1. The lowest BCUT2D eigenvalue weighted by molar-refractivity contribution is -0.116. The average molecular weight is 471 g/mol. The topological polar surface area (TPSA) is 123 Å². The summed E-state index contributed by atoms with van der Waals surface area (Å²) in [6.45, 7) is 6.23. The van der Waals surface area contributed by atoms with E-state index in [1.807, 2.05) is 6.07 Å². The quantitative estimate of drug-likeness (QED) is 0.670. The number of nitrogens with zero attached hydrogens (tertiary/aromatic N) is 2. The molecule has 2 heterocycles. The molecular formula is C24H30N4O4S. The zero-order valence-corrected chi connectivity index (χ0v) is 20.1. The average Bonchev–Trinajstić information content (AvgIpc) is 3.05. The summed E-state index contributed by atoms with van der Waals surface area (Å²) in [6.07, 6.45) is 4.24. The summed E-state index contributed by atoms with van der Waals surface area (Å²) in [7, 11) is -3.63. The maximum absolute atomic E-state index is 13.2. The number of hydrogen-bond donors (Lipinski definition) is 2. The number of rotatable bonds is 6. The first-order valence-corrected chi connectivity index (χ1v) is 12.6. The summed E-state index contributed by atoms with van der Waals surface area (Å²) < 4.78 is 28.0. The van der Waals surface area contributed by atoms with E-state index in [1.54, 1.807) is 37.2 Å². The first kappa shape index (κ1) is 24.7. The summed E-state index contributed by atoms with van der Waals surface area (Å²) in [5.74, 6) is -0.277. The van der Waals surface area contributed by atoms with Crippen LogP contribution in [0.25, 0.3) is 0 Å². The second kappa shape index (κ2) is 10.3. The van der Waals surface area contributed by atoms with Gasteiger partial charge in [-0.2, -0.15) is 9.57 Å². The summed E-state index contributed by atoms with van der Waals surface area (Å²) >= 11 is 0. The number of anilines is 1. The number of nitrogens with one attached hydrogen (secondary N) is 2. The van der Waals surface area contributed by atoms with Gasteiger partial charge in [-0.05, 0) is 68.9 Å². The van der Waals surface area contributed by atoms with Crippen molar-refractivity contribution in [3.8, 4) is 6.07 Å². The maximum atomic E-state index is 13.2. The summed E-state index contributed by atoms with van der Waals surface area (Å²) in [5, 5.41) is 12.0. The van der Waals surface area contributed by atoms with Crippen molar-refractivity contribution in [3.05, 3.63) is 56.5 Å². The van der Waals surface area contributed by atoms with Crippen molar-refractivity contribution >= 4 is 21.6 Å². The SMILES string of the molecule is Cc1ccc(NC(=O)CCc2c(C)[nH]c(=O)c(C#N)c2C)cc1S(=O)(=O)N1CCCCCC1. The van der Waals surface area contributed by atoms with Crippen LogP contribution in [0.1, 0.15) is 60.1 Å². The van der Waals surface area contributed by atoms with Crippen molar-refractivity contribution in [2.45, 2.75) is 64.2 Å². The third-order valence-electron chi connectivity index (χ3n) is 6.18. The number of aryl methyl sites for hydroxylation is 2. The Morgan fingerprint density at radius 2 is 1.82 bits per heavy atom. The highest BCUT2D eigenvalue weighted by Gasteiger charge is 2.27. The molecule has 1 aromatic carbocycles. The minimum absolute atomic E-state index is 0.0536. The molecule has 2 aromatic rings. The van der Waals surface area contributed by atoms with Gasteiger partial charge in [0, 0.05) is 30.9 Å². The van der Waals surface area contributed by atoms with Crippen LogP contribution in [0.4, 0.5) is 5.69 Å². The van der Waals surface area contributed by atoms with Crippen LogP contribution in [0.15, 0.2) is 27.9 Å². The molecule has 0 atom stereocenters. The van der Waals surface area contributed by atoms with Crippen LogP contribution in [-0.2, 0) is 21.2 Å². The molecule has 9 heteroatoms. The van der Waals surface area contributed by atoms with Gasteiger partial charge in [-0.25, -0.2) is 8.42 Å². The van der Waals surface area contributed by atoms with Gasteiger partial charge >= 0.3 is 0 Å². The van der Waals surface area contributed by atoms with E-state index < -0.39 is 15.6 Å². The van der Waals surface area contributed by atoms with Gasteiger partial charge in [-0.3, -0.25) is 9.59 Å². The van der Waals surface area contributed by atoms with E-state index >= 15 is 0 Å². The number of carbonyl (C=O) groups excluding carboxylic acids is 1. The Bertz CT molecular complexity index is 1250. The fourth-order valence-corrected chi connectivity index (χ4v) is 6.03. The zero-order chi connectivity index (χ0) is 24.2. The largest absolute Gasteiger partial charge is 0.326 e. The Balaban J connectivity index is 1.75. The highest BCUT2D eigenvalue weighted by Crippen LogP contribution is 2.26. The molecule has 1 saturated heterocycles. The normalized spacial score (nSPS) is 15.0. The molecule has 1 aliphatic heterocycles. The van der Waals surface area contributed by atoms with Crippen molar-refractivity contribution in [3.63, 3.8) is 0 Å². The minimum Gasteiger partial charge on any atom is -0.326 e. The Morgan fingerprint density at radius 3 is 2.45 bits per heavy atom. The van der Waals surface area contributed by atoms with Crippen LogP contribution >= 0.6 is 0 Å². The first-order chi connectivity index (χ1) is 15.6. The number of hydrogen-bond acceptors (Lipinski definition) is 5. The smallest absolute Gasteiger partial charge is 0.266 e. The number of carbonyl (C=O) groups is 1. The van der Waals surface area contributed by atoms with Crippen LogP contribution in [0, 0.1) is 32.1 Å². The van der Waals surface area contributed by atoms with Gasteiger partial charge in [0.05, 0.1) is 4.90 Å². The van der Waals surface area contributed by atoms with E-state index in [9.17, 15) is 23.3 Å². The van der Waals surface area contributed by atoms with Crippen molar-refractivity contribution in [1.82, 2.24) is 9.29 Å². The molecule has 0 bridgehead atoms. The van der Waals surface area contributed by atoms with E-state index in [-0.39, 0.29) is 22.8 Å². The third-order valence-corrected chi connectivity index (χ3v) is 8.22. The molecule has 1 amide bonds. The van der Waals surface area contributed by atoms with E-state index in [1.165, 1.54) is 6.07 Å². The lowest BCUT2D eigenvalue weighted by Gasteiger charge is -2.21. The molecule has 8 nitrogen and oxygen atoms in total. The number of nitriles is 1. The van der Waals surface area contributed by atoms with E-state index in [2.05, 4.69) is 10.3 Å². The molecule has 33 heavy (non-hydrogen) atoms. The van der Waals surface area contributed by atoms with E-state index in [0.29, 0.717) is 42.0 Å². The number of aromatic nitrogens is 1. The molecule has 0 radical (unpaired) electrons. The third kappa shape index (κ3) is 5.52. The Labute approximate surface area is 194 Å². The fourth-order valence-electron chi connectivity index (χ4n) is 4.26. The highest BCUT2D eigenvalue weighted by atomic mass is 32.2. The predicted octanol–water partition coefficient (Wildman–Crippen LogP) is 3.31. The molecular weight excluding hydrogens is 440 g/mol. The number of sulfonamides is 1. The standard InChI is InChI=1S/C24H30N4O4S/c1-16-8-9-19(14-22(16)33(31,32)28-12-6-4-5-7-13-28)27-23(29)11-10-20-17(2)21(15-25)24(30)26-18(20)3/h8-9,14H,4-7,10-13H2,1-3H3,(H,26,30)(H,27,29). The van der Waals surface area contributed by atoms with E-state index in [0.717, 1.165) is 31.2 Å². The fraction of sp³-hybridized carbons (Fsp3) is 0.458. The lowest BCUT2D eigenvalue weighted by Crippen LogP contribution is -2.32. The molecule has 0 saturated carbocycles. The van der Waals surface area contributed by atoms with Gasteiger partial charge in [0.25, 0.3) is 5.56 Å². The summed E-state index contributed by atoms with van der Waals surface area (Å²) in [5.41, 5.74) is 2.65. The van der Waals surface area contributed by atoms with Gasteiger partial charge in [0.15, 0.2) is 0 Å². The summed E-state index contributed by atoms with van der Waals surface area (Å²) in [6, 6.07) is 6.83. The van der Waals surface area contributed by atoms with Crippen LogP contribution < -0.4 is 10.9 Å². The molecule has 0 aliphatic carbocycles. The Kier molecular flexibility index (Phi) is 7.72. The molecule has 1 aromatic heterocycles. The van der Waals surface area contributed by atoms with E-state index in [4.69, 9.17) is 0 Å². The lowest BCUT2D eigenvalue weighted by atomic mass is 9.99. The molecule has 0 spiro atoms. The second-order valence-electron chi connectivity index (χ2n) is 8.52. The van der Waals surface area contributed by atoms with Gasteiger partial charge in [0.1, 0.15) is 11.6 Å². The van der Waals surface area contributed by atoms with Crippen LogP contribution in [0.3, 0.4) is 0 Å². The molecule has 3 rings (SSSR count). The molecule has 176 valence electrons. The van der Waals surface area contributed by atoms with Crippen molar-refractivity contribution < 1.29 is 13.2 Å². The van der Waals surface area contributed by atoms with Crippen LogP contribution in [-0.4, -0.2) is 36.7 Å². The monoisotopic (exact) mass is 470 g/mol. The van der Waals surface area contributed by atoms with Gasteiger partial charge < -0.3 is 10.3 Å². The van der Waals surface area contributed by atoms with Crippen molar-refractivity contribution in [1.29, 1.82) is 5.26 Å². The van der Waals surface area contributed by atoms with Crippen LogP contribution in [0.2, 0.25) is 0 Å². The molecule has 2 N–H and O–H groups in total. The minimum atomic E-state index is -3.63. The van der Waals surface area contributed by atoms with Crippen molar-refractivity contribution in [2.75, 3.05) is 18.4 Å². The van der Waals surface area contributed by atoms with Crippen LogP contribution in [0.5, 0.6) is 0 Å². The number of benzene rings is 1. The highest BCUT2D eigenvalue weighted by molar-refractivity contribution is 7.89. The molecule has 1 fully saturated rings. The zero-order valence-electron chi connectivity index (χ0n) is 19.3. The predicted molar refractivity (Wildman–Crippen MR) is 127 cm³/mol. The Hall–Kier alpha value is -2.96. The van der Waals surface area contributed by atoms with Gasteiger partial charge in [-0.15, -0.1) is 0 Å². The maximum Gasteiger partial charge on any atom is 0.266 e. The first-order valence-electron chi connectivity index (χ1n) is 11.2. The second-order valence-corrected chi connectivity index (χ2v) is 10.4. The van der Waals surface area contributed by atoms with Crippen molar-refractivity contribution in [2.24, 2.45) is 0 Å². The summed E-state index contributed by atoms with van der Waals surface area (Å²) in [4.78, 5) is 27.4. The van der Waals surface area contributed by atoms with Gasteiger partial charge in [-0.1, -0.05) is 18.9 Å². The molecule has 0 unspecified atom stereocenters. The number of H-pyrrole nitrogens is 1. The van der Waals surface area contributed by atoms with Gasteiger partial charge in [0.2, 0.25) is 15.9 Å². The molecule has 1 aliphatic rings. The number of aromatic amines is 1. The number of pyridine rings is 1.